The van der Waals surface area contributed by atoms with Crippen LogP contribution in [-0.2, 0) is 0 Å². The molecule has 3 aliphatic rings. The predicted molar refractivity (Wildman–Crippen MR) is 85.8 cm³/mol. The Morgan fingerprint density at radius 1 is 1.15 bits per heavy atom. The summed E-state index contributed by atoms with van der Waals surface area (Å²) in [5.41, 5.74) is 0. The molecule has 0 aromatic rings. The maximum absolute atomic E-state index is 3.78. The summed E-state index contributed by atoms with van der Waals surface area (Å²) in [5.74, 6) is 3.97. The molecule has 0 aromatic heterocycles. The van der Waals surface area contributed by atoms with Crippen molar-refractivity contribution in [3.8, 4) is 0 Å². The van der Waals surface area contributed by atoms with E-state index in [2.05, 4.69) is 31.0 Å². The van der Waals surface area contributed by atoms with Crippen molar-refractivity contribution in [1.82, 2.24) is 10.2 Å². The molecular weight excluding hydrogens is 244 g/mol. The Labute approximate surface area is 125 Å². The minimum Gasteiger partial charge on any atom is -0.313 e. The molecule has 2 saturated carbocycles. The van der Waals surface area contributed by atoms with Gasteiger partial charge in [-0.25, -0.2) is 0 Å². The van der Waals surface area contributed by atoms with Crippen molar-refractivity contribution in [3.63, 3.8) is 0 Å². The van der Waals surface area contributed by atoms with Crippen LogP contribution in [0.15, 0.2) is 0 Å². The molecule has 2 heteroatoms. The lowest BCUT2D eigenvalue weighted by Gasteiger charge is -2.37. The van der Waals surface area contributed by atoms with E-state index in [1.54, 1.807) is 6.42 Å². The lowest BCUT2D eigenvalue weighted by molar-refractivity contribution is 0.115. The highest BCUT2D eigenvalue weighted by Gasteiger charge is 2.43. The molecule has 1 aliphatic heterocycles. The van der Waals surface area contributed by atoms with Crippen LogP contribution >= 0.6 is 0 Å². The van der Waals surface area contributed by atoms with E-state index in [4.69, 9.17) is 0 Å². The first kappa shape index (κ1) is 14.8. The van der Waals surface area contributed by atoms with Gasteiger partial charge in [-0.15, -0.1) is 0 Å². The fourth-order valence-electron chi connectivity index (χ4n) is 5.28. The van der Waals surface area contributed by atoms with Crippen LogP contribution in [0.25, 0.3) is 0 Å². The van der Waals surface area contributed by atoms with Gasteiger partial charge in [0.15, 0.2) is 0 Å². The highest BCUT2D eigenvalue weighted by atomic mass is 15.2. The van der Waals surface area contributed by atoms with Gasteiger partial charge >= 0.3 is 0 Å². The van der Waals surface area contributed by atoms with Crippen LogP contribution < -0.4 is 5.32 Å². The average Bonchev–Trinajstić information content (AvgIpc) is 2.96. The highest BCUT2D eigenvalue weighted by molar-refractivity contribution is 4.95. The molecule has 1 saturated heterocycles. The molecule has 1 heterocycles. The quantitative estimate of drug-likeness (QED) is 0.846. The molecule has 3 fully saturated rings. The van der Waals surface area contributed by atoms with Crippen LogP contribution in [-0.4, -0.2) is 36.6 Å². The third-order valence-electron chi connectivity index (χ3n) is 6.25. The Morgan fingerprint density at radius 3 is 2.65 bits per heavy atom. The lowest BCUT2D eigenvalue weighted by Crippen LogP contribution is -2.46. The second-order valence-electron chi connectivity index (χ2n) is 8.21. The largest absolute Gasteiger partial charge is 0.313 e. The fourth-order valence-corrected chi connectivity index (χ4v) is 5.28. The van der Waals surface area contributed by atoms with Crippen LogP contribution in [0.4, 0.5) is 0 Å². The van der Waals surface area contributed by atoms with Crippen LogP contribution in [0.5, 0.6) is 0 Å². The normalized spacial score (nSPS) is 40.2. The van der Waals surface area contributed by atoms with Crippen LogP contribution in [0.2, 0.25) is 0 Å². The number of nitrogens with zero attached hydrogens (tertiary/aromatic N) is 1. The second kappa shape index (κ2) is 6.36. The monoisotopic (exact) mass is 278 g/mol. The maximum atomic E-state index is 3.78. The summed E-state index contributed by atoms with van der Waals surface area (Å²) in [7, 11) is 0. The van der Waals surface area contributed by atoms with Gasteiger partial charge < -0.3 is 5.32 Å². The number of rotatable bonds is 4. The molecule has 0 radical (unpaired) electrons. The van der Waals surface area contributed by atoms with E-state index >= 15 is 0 Å². The molecule has 1 N–H and O–H groups in total. The number of hydrogen-bond donors (Lipinski definition) is 1. The predicted octanol–water partition coefficient (Wildman–Crippen LogP) is 3.52. The number of fused-ring (bicyclic) bond motifs is 2. The van der Waals surface area contributed by atoms with Crippen LogP contribution in [0.1, 0.15) is 59.3 Å². The standard InChI is InChI=1S/C18H34N2/c1-13(2)9-17-12-20(8-4-7-19-17)14(3)18-11-15-5-6-16(18)10-15/h13-19H,4-12H2,1-3H3. The van der Waals surface area contributed by atoms with Gasteiger partial charge in [-0.2, -0.15) is 0 Å². The van der Waals surface area contributed by atoms with Crippen molar-refractivity contribution in [2.24, 2.45) is 23.7 Å². The van der Waals surface area contributed by atoms with Crippen LogP contribution in [0, 0.1) is 23.7 Å². The SMILES string of the molecule is CC(C)CC1CN(C(C)C2CC3CCC2C3)CCCN1. The Kier molecular flexibility index (Phi) is 4.72. The first-order valence-corrected chi connectivity index (χ1v) is 9.11. The third-order valence-corrected chi connectivity index (χ3v) is 6.25. The van der Waals surface area contributed by atoms with E-state index in [1.165, 1.54) is 51.7 Å². The van der Waals surface area contributed by atoms with Gasteiger partial charge in [-0.1, -0.05) is 20.3 Å². The zero-order chi connectivity index (χ0) is 14.1. The van der Waals surface area contributed by atoms with Gasteiger partial charge in [0.2, 0.25) is 0 Å². The van der Waals surface area contributed by atoms with E-state index < -0.39 is 0 Å². The van der Waals surface area contributed by atoms with Crippen molar-refractivity contribution in [1.29, 1.82) is 0 Å². The van der Waals surface area contributed by atoms with Crippen LogP contribution in [0.3, 0.4) is 0 Å². The summed E-state index contributed by atoms with van der Waals surface area (Å²) in [6.07, 6.45) is 8.81. The lowest BCUT2D eigenvalue weighted by atomic mass is 9.83. The van der Waals surface area contributed by atoms with Crippen molar-refractivity contribution >= 4 is 0 Å². The van der Waals surface area contributed by atoms with Gasteiger partial charge in [0.25, 0.3) is 0 Å². The van der Waals surface area contributed by atoms with Gasteiger partial charge in [0, 0.05) is 18.6 Å². The van der Waals surface area contributed by atoms with E-state index in [1.807, 2.05) is 0 Å². The first-order valence-electron chi connectivity index (χ1n) is 9.11. The molecule has 2 aliphatic carbocycles. The fraction of sp³-hybridized carbons (Fsp3) is 1.00. The zero-order valence-corrected chi connectivity index (χ0v) is 13.8. The third kappa shape index (κ3) is 3.22. The van der Waals surface area contributed by atoms with Crippen molar-refractivity contribution in [2.75, 3.05) is 19.6 Å². The molecule has 0 spiro atoms. The smallest absolute Gasteiger partial charge is 0.0197 e. The first-order chi connectivity index (χ1) is 9.63. The van der Waals surface area contributed by atoms with Gasteiger partial charge in [0.05, 0.1) is 0 Å². The molecule has 20 heavy (non-hydrogen) atoms. The average molecular weight is 278 g/mol. The molecule has 5 atom stereocenters. The topological polar surface area (TPSA) is 15.3 Å². The zero-order valence-electron chi connectivity index (χ0n) is 13.8. The summed E-state index contributed by atoms with van der Waals surface area (Å²) in [4.78, 5) is 2.83. The van der Waals surface area contributed by atoms with Crippen molar-refractivity contribution in [3.05, 3.63) is 0 Å². The molecule has 0 aromatic carbocycles. The summed E-state index contributed by atoms with van der Waals surface area (Å²) in [6, 6.07) is 1.54. The second-order valence-corrected chi connectivity index (χ2v) is 8.21. The Balaban J connectivity index is 1.59. The van der Waals surface area contributed by atoms with Gasteiger partial charge in [-0.05, 0) is 75.8 Å². The van der Waals surface area contributed by atoms with Gasteiger partial charge in [-0.3, -0.25) is 4.90 Å². The summed E-state index contributed by atoms with van der Waals surface area (Å²) >= 11 is 0. The summed E-state index contributed by atoms with van der Waals surface area (Å²) in [6.45, 7) is 11.1. The van der Waals surface area contributed by atoms with E-state index in [-0.39, 0.29) is 0 Å². The molecule has 5 unspecified atom stereocenters. The highest BCUT2D eigenvalue weighted by Crippen LogP contribution is 2.50. The maximum Gasteiger partial charge on any atom is 0.0197 e. The Hall–Kier alpha value is -0.0800. The molecule has 116 valence electrons. The van der Waals surface area contributed by atoms with E-state index in [0.29, 0.717) is 0 Å². The summed E-state index contributed by atoms with van der Waals surface area (Å²) < 4.78 is 0. The number of nitrogens with one attached hydrogen (secondary N) is 1. The van der Waals surface area contributed by atoms with Crippen molar-refractivity contribution < 1.29 is 0 Å². The van der Waals surface area contributed by atoms with E-state index in [0.717, 1.165) is 35.8 Å². The number of hydrogen-bond acceptors (Lipinski definition) is 2. The molecule has 2 bridgehead atoms. The molecule has 0 amide bonds. The van der Waals surface area contributed by atoms with E-state index in [9.17, 15) is 0 Å². The summed E-state index contributed by atoms with van der Waals surface area (Å²) in [5, 5.41) is 3.78. The van der Waals surface area contributed by atoms with Gasteiger partial charge in [0.1, 0.15) is 0 Å². The minimum atomic E-state index is 0.721. The molecular formula is C18H34N2. The minimum absolute atomic E-state index is 0.721. The Bertz CT molecular complexity index is 315. The Morgan fingerprint density at radius 2 is 2.00 bits per heavy atom. The molecule has 2 nitrogen and oxygen atoms in total. The molecule has 3 rings (SSSR count). The van der Waals surface area contributed by atoms with Crippen molar-refractivity contribution in [2.45, 2.75) is 71.4 Å².